The van der Waals surface area contributed by atoms with E-state index in [1.165, 1.54) is 6.07 Å². The molecule has 1 aromatic heterocycles. The Balaban J connectivity index is 1.58. The molecule has 0 unspecified atom stereocenters. The first-order valence-corrected chi connectivity index (χ1v) is 8.40. The van der Waals surface area contributed by atoms with Crippen LogP contribution in [0.2, 0.25) is 0 Å². The number of H-pyrrole nitrogens is 1. The summed E-state index contributed by atoms with van der Waals surface area (Å²) in [4.78, 5) is 12.6. The highest BCUT2D eigenvalue weighted by atomic mass is 19.1. The quantitative estimate of drug-likeness (QED) is 0.647. The Morgan fingerprint density at radius 3 is 2.96 bits per heavy atom. The van der Waals surface area contributed by atoms with Crippen molar-refractivity contribution in [3.05, 3.63) is 54.0 Å². The van der Waals surface area contributed by atoms with Crippen LogP contribution in [-0.4, -0.2) is 21.8 Å². The third-order valence-electron chi connectivity index (χ3n) is 4.49. The van der Waals surface area contributed by atoms with Gasteiger partial charge >= 0.3 is 6.03 Å². The Morgan fingerprint density at radius 1 is 1.31 bits per heavy atom. The maximum absolute atomic E-state index is 14.1. The molecule has 1 aliphatic heterocycles. The monoisotopic (exact) mass is 354 g/mol. The number of nitrogens with one attached hydrogen (secondary N) is 3. The first kappa shape index (κ1) is 16.4. The van der Waals surface area contributed by atoms with Gasteiger partial charge in [0.25, 0.3) is 0 Å². The molecule has 2 amide bonds. The number of nitrogens with zero attached hydrogens (tertiary/aromatic N) is 1. The second-order valence-corrected chi connectivity index (χ2v) is 7.01. The maximum atomic E-state index is 14.1. The number of hydrogen-bond donors (Lipinski definition) is 3. The van der Waals surface area contributed by atoms with Crippen LogP contribution in [0.15, 0.2) is 42.6 Å². The van der Waals surface area contributed by atoms with Gasteiger partial charge in [-0.2, -0.15) is 5.10 Å². The topological polar surface area (TPSA) is 79.0 Å². The van der Waals surface area contributed by atoms with Crippen LogP contribution < -0.4 is 15.4 Å². The minimum Gasteiger partial charge on any atom is -0.484 e. The summed E-state index contributed by atoms with van der Waals surface area (Å²) in [5, 5.41) is 13.5. The Labute approximate surface area is 149 Å². The van der Waals surface area contributed by atoms with Crippen molar-refractivity contribution < 1.29 is 13.9 Å². The van der Waals surface area contributed by atoms with E-state index in [1.54, 1.807) is 24.4 Å². The SMILES string of the molecule is CC1(C)C[C@@H](NC(=O)Nc2cccc3[nH]ncc23)c2cccc(F)c2O1. The molecule has 0 saturated heterocycles. The Kier molecular flexibility index (Phi) is 3.79. The van der Waals surface area contributed by atoms with Crippen LogP contribution in [0.25, 0.3) is 10.9 Å². The van der Waals surface area contributed by atoms with Crippen LogP contribution in [0, 0.1) is 5.82 Å². The largest absolute Gasteiger partial charge is 0.484 e. The summed E-state index contributed by atoms with van der Waals surface area (Å²) in [5.74, 6) is -0.225. The lowest BCUT2D eigenvalue weighted by Gasteiger charge is -2.37. The van der Waals surface area contributed by atoms with E-state index in [2.05, 4.69) is 20.8 Å². The molecule has 2 aromatic carbocycles. The van der Waals surface area contributed by atoms with E-state index < -0.39 is 11.4 Å². The number of ether oxygens (including phenoxy) is 1. The number of para-hydroxylation sites is 1. The summed E-state index contributed by atoms with van der Waals surface area (Å²) in [6.45, 7) is 3.75. The van der Waals surface area contributed by atoms with Crippen LogP contribution in [0.5, 0.6) is 5.75 Å². The summed E-state index contributed by atoms with van der Waals surface area (Å²) in [7, 11) is 0. The predicted octanol–water partition coefficient (Wildman–Crippen LogP) is 4.13. The molecule has 4 rings (SSSR count). The van der Waals surface area contributed by atoms with Gasteiger partial charge in [0.05, 0.1) is 23.4 Å². The second-order valence-electron chi connectivity index (χ2n) is 7.01. The molecule has 0 fully saturated rings. The van der Waals surface area contributed by atoms with Gasteiger partial charge < -0.3 is 15.4 Å². The average molecular weight is 354 g/mol. The highest BCUT2D eigenvalue weighted by Crippen LogP contribution is 2.40. The molecular weight excluding hydrogens is 335 g/mol. The Morgan fingerprint density at radius 2 is 2.12 bits per heavy atom. The fourth-order valence-electron chi connectivity index (χ4n) is 3.35. The zero-order valence-electron chi connectivity index (χ0n) is 14.5. The Bertz CT molecular complexity index is 983. The van der Waals surface area contributed by atoms with Gasteiger partial charge in [-0.05, 0) is 32.0 Å². The van der Waals surface area contributed by atoms with Crippen LogP contribution in [0.3, 0.4) is 0 Å². The number of amides is 2. The van der Waals surface area contributed by atoms with Crippen molar-refractivity contribution in [3.63, 3.8) is 0 Å². The summed E-state index contributed by atoms with van der Waals surface area (Å²) in [5.41, 5.74) is 1.54. The third-order valence-corrected chi connectivity index (χ3v) is 4.49. The number of benzene rings is 2. The number of fused-ring (bicyclic) bond motifs is 2. The molecule has 134 valence electrons. The van der Waals surface area contributed by atoms with Crippen molar-refractivity contribution in [2.75, 3.05) is 5.32 Å². The van der Waals surface area contributed by atoms with Crippen molar-refractivity contribution in [1.29, 1.82) is 0 Å². The van der Waals surface area contributed by atoms with Crippen LogP contribution in [0.4, 0.5) is 14.9 Å². The lowest BCUT2D eigenvalue weighted by atomic mass is 9.89. The molecule has 0 saturated carbocycles. The molecule has 3 aromatic rings. The van der Waals surface area contributed by atoms with E-state index in [9.17, 15) is 9.18 Å². The number of hydrogen-bond acceptors (Lipinski definition) is 3. The molecule has 0 aliphatic carbocycles. The number of halogens is 1. The van der Waals surface area contributed by atoms with Crippen molar-refractivity contribution in [3.8, 4) is 5.75 Å². The van der Waals surface area contributed by atoms with E-state index in [0.29, 0.717) is 17.7 Å². The van der Waals surface area contributed by atoms with Gasteiger partial charge in [0.2, 0.25) is 0 Å². The number of carbonyl (C=O) groups is 1. The molecule has 2 heterocycles. The van der Waals surface area contributed by atoms with Crippen molar-refractivity contribution in [2.24, 2.45) is 0 Å². The molecule has 0 spiro atoms. The number of aromatic amines is 1. The van der Waals surface area contributed by atoms with Gasteiger partial charge in [0.15, 0.2) is 11.6 Å². The second kappa shape index (κ2) is 6.01. The first-order valence-electron chi connectivity index (χ1n) is 8.40. The number of anilines is 1. The summed E-state index contributed by atoms with van der Waals surface area (Å²) in [6, 6.07) is 9.55. The van der Waals surface area contributed by atoms with Gasteiger partial charge in [0.1, 0.15) is 5.60 Å². The van der Waals surface area contributed by atoms with Crippen molar-refractivity contribution in [2.45, 2.75) is 31.9 Å². The minimum atomic E-state index is -0.586. The molecule has 7 heteroatoms. The van der Waals surface area contributed by atoms with Gasteiger partial charge in [-0.25, -0.2) is 9.18 Å². The lowest BCUT2D eigenvalue weighted by molar-refractivity contribution is 0.0630. The fourth-order valence-corrected chi connectivity index (χ4v) is 3.35. The highest BCUT2D eigenvalue weighted by molar-refractivity contribution is 6.00. The lowest BCUT2D eigenvalue weighted by Crippen LogP contribution is -2.42. The van der Waals surface area contributed by atoms with E-state index >= 15 is 0 Å². The minimum absolute atomic E-state index is 0.200. The molecule has 6 nitrogen and oxygen atoms in total. The fraction of sp³-hybridized carbons (Fsp3) is 0.263. The van der Waals surface area contributed by atoms with Crippen molar-refractivity contribution >= 4 is 22.6 Å². The highest BCUT2D eigenvalue weighted by Gasteiger charge is 2.36. The molecule has 0 bridgehead atoms. The molecule has 1 aliphatic rings. The van der Waals surface area contributed by atoms with E-state index in [0.717, 1.165) is 10.9 Å². The third kappa shape index (κ3) is 2.96. The smallest absolute Gasteiger partial charge is 0.319 e. The molecule has 26 heavy (non-hydrogen) atoms. The normalized spacial score (nSPS) is 18.0. The predicted molar refractivity (Wildman–Crippen MR) is 96.7 cm³/mol. The number of aromatic nitrogens is 2. The van der Waals surface area contributed by atoms with Crippen LogP contribution in [-0.2, 0) is 0 Å². The number of carbonyl (C=O) groups excluding carboxylic acids is 1. The number of rotatable bonds is 2. The number of urea groups is 1. The van der Waals surface area contributed by atoms with Gasteiger partial charge in [-0.1, -0.05) is 18.2 Å². The standard InChI is InChI=1S/C19H19FN4O2/c1-19(2)9-16(11-5-3-6-13(20)17(11)26-19)23-18(25)22-14-7-4-8-15-12(14)10-21-24-15/h3-8,10,16H,9H2,1-2H3,(H,21,24)(H2,22,23,25)/t16-/m1/s1. The van der Waals surface area contributed by atoms with Gasteiger partial charge in [-0.3, -0.25) is 5.10 Å². The van der Waals surface area contributed by atoms with E-state index in [4.69, 9.17) is 4.74 Å². The summed E-state index contributed by atoms with van der Waals surface area (Å²) >= 11 is 0. The van der Waals surface area contributed by atoms with E-state index in [-0.39, 0.29) is 17.8 Å². The maximum Gasteiger partial charge on any atom is 0.319 e. The molecule has 0 radical (unpaired) electrons. The zero-order chi connectivity index (χ0) is 18.3. The average Bonchev–Trinajstić information content (AvgIpc) is 3.05. The molecular formula is C19H19FN4O2. The van der Waals surface area contributed by atoms with E-state index in [1.807, 2.05) is 26.0 Å². The van der Waals surface area contributed by atoms with Crippen LogP contribution in [0.1, 0.15) is 31.9 Å². The van der Waals surface area contributed by atoms with Gasteiger partial charge in [0, 0.05) is 17.4 Å². The molecule has 1 atom stereocenters. The Hall–Kier alpha value is -3.09. The first-order chi connectivity index (χ1) is 12.4. The molecule has 3 N–H and O–H groups in total. The zero-order valence-corrected chi connectivity index (χ0v) is 14.5. The summed E-state index contributed by atoms with van der Waals surface area (Å²) in [6.07, 6.45) is 2.19. The van der Waals surface area contributed by atoms with Crippen molar-refractivity contribution in [1.82, 2.24) is 15.5 Å². The van der Waals surface area contributed by atoms with Crippen LogP contribution >= 0.6 is 0 Å². The summed E-state index contributed by atoms with van der Waals surface area (Å²) < 4.78 is 19.9. The van der Waals surface area contributed by atoms with Gasteiger partial charge in [-0.15, -0.1) is 0 Å².